The number of nitrogens with one attached hydrogen (secondary N) is 2. The molecule has 0 amide bonds. The minimum Gasteiger partial charge on any atom is -0.857 e. The number of rotatable bonds is 5. The van der Waals surface area contributed by atoms with E-state index in [2.05, 4.69) is 14.7 Å². The molecule has 14 heteroatoms. The zero-order valence-corrected chi connectivity index (χ0v) is 20.3. The molecule has 1 aromatic heterocycles. The molecule has 0 aliphatic carbocycles. The number of ether oxygens (including phenoxy) is 1. The van der Waals surface area contributed by atoms with Crippen molar-refractivity contribution in [3.05, 3.63) is 27.4 Å². The largest absolute Gasteiger partial charge is 1.00 e. The molecule has 5 N–H and O–H groups in total. The molecule has 0 aliphatic rings. The van der Waals surface area contributed by atoms with Gasteiger partial charge in [-0.2, -0.15) is 7.11 Å². The number of carboxylic acid groups (broad SMARTS) is 1. The molecule has 0 fully saturated rings. The van der Waals surface area contributed by atoms with E-state index in [1.54, 1.807) is 13.8 Å². The van der Waals surface area contributed by atoms with Crippen LogP contribution in [0.25, 0.3) is 0 Å². The fourth-order valence-electron chi connectivity index (χ4n) is 1.02. The van der Waals surface area contributed by atoms with Crippen molar-refractivity contribution in [2.75, 3.05) is 13.7 Å². The number of Topliss-reactive ketones (excluding diaryl/α,β-unsaturated/α-hetero) is 1. The van der Waals surface area contributed by atoms with Gasteiger partial charge in [0.2, 0.25) is 0 Å². The van der Waals surface area contributed by atoms with E-state index in [4.69, 9.17) is 44.6 Å². The summed E-state index contributed by atoms with van der Waals surface area (Å²) in [6, 6.07) is 0. The molecular formula is C15H23Cl2N4NaO7. The molecule has 0 aromatic carbocycles. The van der Waals surface area contributed by atoms with Crippen molar-refractivity contribution in [3.63, 3.8) is 0 Å². The van der Waals surface area contributed by atoms with E-state index in [9.17, 15) is 19.2 Å². The number of carbonyl (C=O) groups is 3. The van der Waals surface area contributed by atoms with Crippen LogP contribution in [0.2, 0.25) is 5.02 Å². The van der Waals surface area contributed by atoms with Crippen LogP contribution in [0.5, 0.6) is 0 Å². The van der Waals surface area contributed by atoms with E-state index in [-0.39, 0.29) is 64.8 Å². The molecular weight excluding hydrogens is 442 g/mol. The number of hydrogen-bond donors (Lipinski definition) is 4. The Bertz CT molecular complexity index is 689. The monoisotopic (exact) mass is 464 g/mol. The van der Waals surface area contributed by atoms with Crippen LogP contribution >= 0.6 is 23.2 Å². The van der Waals surface area contributed by atoms with Crippen LogP contribution in [0.3, 0.4) is 0 Å². The number of aromatic amines is 1. The molecule has 160 valence electrons. The van der Waals surface area contributed by atoms with Crippen molar-refractivity contribution in [1.29, 1.82) is 5.41 Å². The van der Waals surface area contributed by atoms with Crippen LogP contribution in [0.1, 0.15) is 26.0 Å². The van der Waals surface area contributed by atoms with Crippen molar-refractivity contribution in [3.8, 4) is 0 Å². The maximum atomic E-state index is 10.6. The maximum absolute atomic E-state index is 10.6. The molecule has 0 saturated carbocycles. The first-order chi connectivity index (χ1) is 12.9. The molecule has 1 unspecified atom stereocenters. The number of nitrogens with zero attached hydrogens (tertiary/aromatic N) is 1. The zero-order valence-electron chi connectivity index (χ0n) is 16.7. The van der Waals surface area contributed by atoms with Gasteiger partial charge < -0.3 is 25.7 Å². The average Bonchev–Trinajstić information content (AvgIpc) is 2.60. The first-order valence-corrected chi connectivity index (χ1v) is 8.21. The third kappa shape index (κ3) is 21.0. The molecule has 11 nitrogen and oxygen atoms in total. The summed E-state index contributed by atoms with van der Waals surface area (Å²) in [5.41, 5.74) is 4.96. The van der Waals surface area contributed by atoms with Crippen LogP contribution in [-0.2, 0) is 19.1 Å². The number of esters is 1. The number of alkyl halides is 1. The van der Waals surface area contributed by atoms with Gasteiger partial charge in [-0.1, -0.05) is 11.6 Å². The number of H-pyrrole nitrogens is 1. The Labute approximate surface area is 199 Å². The number of halogens is 2. The molecule has 0 spiro atoms. The Morgan fingerprint density at radius 1 is 1.41 bits per heavy atom. The van der Waals surface area contributed by atoms with Crippen molar-refractivity contribution < 1.29 is 58.9 Å². The van der Waals surface area contributed by atoms with Crippen LogP contribution in [-0.4, -0.2) is 57.7 Å². The van der Waals surface area contributed by atoms with E-state index in [1.807, 2.05) is 0 Å². The number of aryl methyl sites for hydroxylation is 1. The molecule has 1 heterocycles. The molecule has 0 radical (unpaired) electrons. The number of hydrogen-bond acceptors (Lipinski definition) is 8. The van der Waals surface area contributed by atoms with Crippen LogP contribution in [0.15, 0.2) is 11.1 Å². The van der Waals surface area contributed by atoms with Crippen LogP contribution in [0.4, 0.5) is 0 Å². The van der Waals surface area contributed by atoms with Gasteiger partial charge in [0.25, 0.3) is 5.56 Å². The standard InChI is InChI=1S/C6H9ClO3.C5H5ClN2O.C3H6N2O2.CH3O.Na/c1-3-10-6(9)5(7)4(2)8;1-3-4(6)5(9)8-2-7-3;4-2(5)1-3(6)7;1-2;/h5H,3H2,1-2H3;2H,1H3,(H,7,8,9);1H2,(H3,4,5)(H,6,7);1H3;/q;;;-1;+1. The minimum atomic E-state index is -1.14. The Hall–Kier alpha value is -1.50. The zero-order chi connectivity index (χ0) is 22.9. The Morgan fingerprint density at radius 2 is 1.90 bits per heavy atom. The quantitative estimate of drug-likeness (QED) is 0.0866. The number of amidine groups is 1. The minimum absolute atomic E-state index is 0. The number of ketones is 1. The fraction of sp³-hybridized carbons (Fsp3) is 0.467. The van der Waals surface area contributed by atoms with E-state index < -0.39 is 17.3 Å². The third-order valence-electron chi connectivity index (χ3n) is 2.16. The molecule has 1 rings (SSSR count). The van der Waals surface area contributed by atoms with Crippen molar-refractivity contribution in [2.45, 2.75) is 32.6 Å². The van der Waals surface area contributed by atoms with Crippen molar-refractivity contribution in [2.24, 2.45) is 5.73 Å². The number of aromatic nitrogens is 2. The van der Waals surface area contributed by atoms with Gasteiger partial charge in [0.1, 0.15) is 17.3 Å². The first kappa shape index (κ1) is 35.0. The summed E-state index contributed by atoms with van der Waals surface area (Å²) in [5, 5.41) is 21.6. The summed E-state index contributed by atoms with van der Waals surface area (Å²) >= 11 is 10.8. The molecule has 29 heavy (non-hydrogen) atoms. The smallest absolute Gasteiger partial charge is 0.857 e. The summed E-state index contributed by atoms with van der Waals surface area (Å²) in [5.74, 6) is -2.43. The van der Waals surface area contributed by atoms with E-state index in [1.165, 1.54) is 13.3 Å². The SMILES string of the molecule is CCOC(=O)C(Cl)C(C)=O.C[O-].Cc1nc[nH]c(=O)c1Cl.N=C(N)CC(=O)O.[Na+]. The van der Waals surface area contributed by atoms with Crippen molar-refractivity contribution in [1.82, 2.24) is 9.97 Å². The molecule has 1 aromatic rings. The Kier molecular flexibility index (Phi) is 25.6. The summed E-state index contributed by atoms with van der Waals surface area (Å²) in [6.07, 6.45) is 0.962. The Morgan fingerprint density at radius 3 is 2.14 bits per heavy atom. The second-order valence-electron chi connectivity index (χ2n) is 4.45. The molecule has 0 bridgehead atoms. The molecule has 0 aliphatic heterocycles. The van der Waals surface area contributed by atoms with E-state index >= 15 is 0 Å². The normalized spacial score (nSPS) is 9.34. The van der Waals surface area contributed by atoms with E-state index in [0.717, 1.165) is 7.11 Å². The fourth-order valence-corrected chi connectivity index (χ4v) is 1.18. The Balaban J connectivity index is -0.000000154. The molecule has 1 atom stereocenters. The van der Waals surface area contributed by atoms with Gasteiger partial charge in [0.05, 0.1) is 18.6 Å². The number of aliphatic carboxylic acids is 1. The number of carboxylic acids is 1. The maximum Gasteiger partial charge on any atom is 1.00 e. The average molecular weight is 465 g/mol. The van der Waals surface area contributed by atoms with Crippen molar-refractivity contribution >= 4 is 46.8 Å². The first-order valence-electron chi connectivity index (χ1n) is 7.40. The second kappa shape index (κ2) is 21.2. The number of carbonyl (C=O) groups excluding carboxylic acids is 2. The summed E-state index contributed by atoms with van der Waals surface area (Å²) in [4.78, 5) is 47.3. The topological polar surface area (TPSA) is 199 Å². The summed E-state index contributed by atoms with van der Waals surface area (Å²) < 4.78 is 4.47. The van der Waals surface area contributed by atoms with Gasteiger partial charge in [-0.3, -0.25) is 19.8 Å². The predicted molar refractivity (Wildman–Crippen MR) is 102 cm³/mol. The summed E-state index contributed by atoms with van der Waals surface area (Å²) in [6.45, 7) is 4.82. The van der Waals surface area contributed by atoms with Gasteiger partial charge in [-0.25, -0.2) is 9.78 Å². The van der Waals surface area contributed by atoms with Gasteiger partial charge >= 0.3 is 41.5 Å². The predicted octanol–water partition coefficient (Wildman–Crippen LogP) is -3.14. The second-order valence-corrected chi connectivity index (χ2v) is 5.27. The van der Waals surface area contributed by atoms with Gasteiger partial charge in [-0.15, -0.1) is 11.6 Å². The van der Waals surface area contributed by atoms with E-state index in [0.29, 0.717) is 5.69 Å². The molecule has 0 saturated heterocycles. The van der Waals surface area contributed by atoms with Gasteiger partial charge in [0.15, 0.2) is 11.2 Å². The third-order valence-corrected chi connectivity index (χ3v) is 3.09. The summed E-state index contributed by atoms with van der Waals surface area (Å²) in [7, 11) is 0.750. The number of nitrogens with two attached hydrogens (primary N) is 1. The van der Waals surface area contributed by atoms with Gasteiger partial charge in [-0.05, 0) is 20.8 Å². The van der Waals surface area contributed by atoms with Crippen LogP contribution < -0.4 is 46.0 Å². The van der Waals surface area contributed by atoms with Crippen LogP contribution in [0, 0.1) is 12.3 Å². The van der Waals surface area contributed by atoms with Gasteiger partial charge in [0, 0.05) is 0 Å².